The van der Waals surface area contributed by atoms with Crippen molar-refractivity contribution in [2.75, 3.05) is 20.2 Å². The Hall–Kier alpha value is -4.00. The van der Waals surface area contributed by atoms with E-state index in [1.165, 1.54) is 0 Å². The Morgan fingerprint density at radius 1 is 1.26 bits per heavy atom. The van der Waals surface area contributed by atoms with E-state index in [1.807, 2.05) is 20.8 Å². The third-order valence-electron chi connectivity index (χ3n) is 6.23. The van der Waals surface area contributed by atoms with Crippen molar-refractivity contribution in [1.29, 1.82) is 5.26 Å². The number of amides is 2. The highest BCUT2D eigenvalue weighted by Gasteiger charge is 2.37. The number of ether oxygens (including phenoxy) is 1. The minimum atomic E-state index is -0.741. The molecular weight excluding hydrogens is 446 g/mol. The molecule has 4 rings (SSSR count). The number of hydrogen-bond donors (Lipinski definition) is 2. The number of nitrogens with one attached hydrogen (secondary N) is 2. The van der Waals surface area contributed by atoms with E-state index < -0.39 is 17.4 Å². The first-order valence-electron chi connectivity index (χ1n) is 11.5. The highest BCUT2D eigenvalue weighted by Crippen LogP contribution is 2.26. The largest absolute Gasteiger partial charge is 0.497 e. The Morgan fingerprint density at radius 2 is 2.00 bits per heavy atom. The molecular formula is C25H29N7O3. The number of pyridine rings is 1. The number of piperidine rings is 1. The SMILES string of the molecule is COc1ccnc(-c2cnc3[nH]cc(C(=O)N[C@@H](C(=O)N4CCC(C#N)CC4)C(C)(C)C)c3n2)c1. The third-order valence-corrected chi connectivity index (χ3v) is 6.23. The van der Waals surface area contributed by atoms with Gasteiger partial charge in [-0.3, -0.25) is 14.6 Å². The molecule has 2 N–H and O–H groups in total. The van der Waals surface area contributed by atoms with E-state index in [9.17, 15) is 9.59 Å². The van der Waals surface area contributed by atoms with Crippen LogP contribution in [0.25, 0.3) is 22.6 Å². The van der Waals surface area contributed by atoms with Crippen molar-refractivity contribution in [3.63, 3.8) is 0 Å². The van der Waals surface area contributed by atoms with E-state index in [0.29, 0.717) is 59.8 Å². The van der Waals surface area contributed by atoms with Crippen LogP contribution in [0, 0.1) is 22.7 Å². The molecule has 10 nitrogen and oxygen atoms in total. The van der Waals surface area contributed by atoms with Gasteiger partial charge in [-0.2, -0.15) is 5.26 Å². The second kappa shape index (κ2) is 9.70. The van der Waals surface area contributed by atoms with Crippen LogP contribution in [-0.2, 0) is 4.79 Å². The van der Waals surface area contributed by atoms with Gasteiger partial charge >= 0.3 is 0 Å². The van der Waals surface area contributed by atoms with Gasteiger partial charge in [-0.1, -0.05) is 20.8 Å². The normalized spacial score (nSPS) is 15.5. The number of carbonyl (C=O) groups excluding carboxylic acids is 2. The lowest BCUT2D eigenvalue weighted by molar-refractivity contribution is -0.137. The summed E-state index contributed by atoms with van der Waals surface area (Å²) in [6.07, 6.45) is 6.03. The molecule has 1 aliphatic rings. The van der Waals surface area contributed by atoms with E-state index in [1.54, 1.807) is 42.7 Å². The van der Waals surface area contributed by atoms with E-state index in [0.717, 1.165) is 0 Å². The maximum absolute atomic E-state index is 13.4. The van der Waals surface area contributed by atoms with Crippen LogP contribution in [0.4, 0.5) is 0 Å². The van der Waals surface area contributed by atoms with Crippen molar-refractivity contribution in [3.05, 3.63) is 36.3 Å². The van der Waals surface area contributed by atoms with Crippen molar-refractivity contribution >= 4 is 23.0 Å². The fourth-order valence-electron chi connectivity index (χ4n) is 4.14. The zero-order valence-electron chi connectivity index (χ0n) is 20.3. The molecule has 2 amide bonds. The molecule has 0 unspecified atom stereocenters. The molecule has 3 aromatic rings. The molecule has 0 saturated carbocycles. The summed E-state index contributed by atoms with van der Waals surface area (Å²) in [6.45, 7) is 6.77. The highest BCUT2D eigenvalue weighted by molar-refractivity contribution is 6.06. The molecule has 0 radical (unpaired) electrons. The predicted molar refractivity (Wildman–Crippen MR) is 129 cm³/mol. The summed E-state index contributed by atoms with van der Waals surface area (Å²) < 4.78 is 5.26. The number of likely N-dealkylation sites (tertiary alicyclic amines) is 1. The fourth-order valence-corrected chi connectivity index (χ4v) is 4.14. The van der Waals surface area contributed by atoms with Gasteiger partial charge in [0.05, 0.1) is 30.6 Å². The van der Waals surface area contributed by atoms with Crippen LogP contribution in [0.5, 0.6) is 5.75 Å². The second-order valence-corrected chi connectivity index (χ2v) is 9.74. The standard InChI is InChI=1S/C25H29N7O3/c1-25(2,3)21(24(34)32-9-6-15(12-26)7-10-32)31-23(33)17-13-28-22-20(17)30-19(14-29-22)18-11-16(35-4)5-8-27-18/h5,8,11,13-15,21H,6-7,9-10H2,1-4H3,(H,28,29)(H,31,33)/t21-/m0/s1. The zero-order valence-corrected chi connectivity index (χ0v) is 20.3. The van der Waals surface area contributed by atoms with Crippen molar-refractivity contribution in [3.8, 4) is 23.2 Å². The van der Waals surface area contributed by atoms with Gasteiger partial charge in [0, 0.05) is 37.5 Å². The Morgan fingerprint density at radius 3 is 2.66 bits per heavy atom. The number of aromatic nitrogens is 4. The number of carbonyl (C=O) groups is 2. The van der Waals surface area contributed by atoms with Gasteiger partial charge in [-0.05, 0) is 24.3 Å². The molecule has 3 aromatic heterocycles. The van der Waals surface area contributed by atoms with Crippen LogP contribution < -0.4 is 10.1 Å². The van der Waals surface area contributed by atoms with Crippen LogP contribution in [0.1, 0.15) is 44.0 Å². The average molecular weight is 476 g/mol. The van der Waals surface area contributed by atoms with E-state index in [2.05, 4.69) is 31.3 Å². The van der Waals surface area contributed by atoms with Crippen LogP contribution in [-0.4, -0.2) is 62.9 Å². The molecule has 1 atom stereocenters. The number of nitrogens with zero attached hydrogens (tertiary/aromatic N) is 5. The first kappa shape index (κ1) is 24.1. The van der Waals surface area contributed by atoms with Crippen molar-refractivity contribution in [1.82, 2.24) is 30.2 Å². The summed E-state index contributed by atoms with van der Waals surface area (Å²) in [5, 5.41) is 12.1. The summed E-state index contributed by atoms with van der Waals surface area (Å²) in [5.74, 6) is 0.0463. The summed E-state index contributed by atoms with van der Waals surface area (Å²) in [5.41, 5.74) is 1.68. The quantitative estimate of drug-likeness (QED) is 0.579. The lowest BCUT2D eigenvalue weighted by atomic mass is 9.85. The number of aromatic amines is 1. The molecule has 1 aliphatic heterocycles. The average Bonchev–Trinajstić information content (AvgIpc) is 3.29. The second-order valence-electron chi connectivity index (χ2n) is 9.74. The summed E-state index contributed by atoms with van der Waals surface area (Å²) in [4.78, 5) is 44.8. The van der Waals surface area contributed by atoms with Crippen LogP contribution in [0.2, 0.25) is 0 Å². The molecule has 0 spiro atoms. The van der Waals surface area contributed by atoms with Crippen molar-refractivity contribution < 1.29 is 14.3 Å². The maximum Gasteiger partial charge on any atom is 0.255 e. The molecule has 1 fully saturated rings. The predicted octanol–water partition coefficient (Wildman–Crippen LogP) is 2.94. The van der Waals surface area contributed by atoms with Gasteiger partial charge < -0.3 is 19.9 Å². The molecule has 35 heavy (non-hydrogen) atoms. The molecule has 0 bridgehead atoms. The van der Waals surface area contributed by atoms with Crippen LogP contribution >= 0.6 is 0 Å². The van der Waals surface area contributed by atoms with Crippen molar-refractivity contribution in [2.45, 2.75) is 39.7 Å². The smallest absolute Gasteiger partial charge is 0.255 e. The zero-order chi connectivity index (χ0) is 25.2. The van der Waals surface area contributed by atoms with Gasteiger partial charge in [0.1, 0.15) is 23.0 Å². The van der Waals surface area contributed by atoms with Gasteiger partial charge in [0.25, 0.3) is 5.91 Å². The number of fused-ring (bicyclic) bond motifs is 1. The Bertz CT molecular complexity index is 1280. The Balaban J connectivity index is 1.59. The number of H-pyrrole nitrogens is 1. The molecule has 0 aliphatic carbocycles. The van der Waals surface area contributed by atoms with Gasteiger partial charge in [-0.25, -0.2) is 9.97 Å². The molecule has 10 heteroatoms. The summed E-state index contributed by atoms with van der Waals surface area (Å²) >= 11 is 0. The minimum absolute atomic E-state index is 0.0280. The summed E-state index contributed by atoms with van der Waals surface area (Å²) in [7, 11) is 1.57. The van der Waals surface area contributed by atoms with E-state index in [-0.39, 0.29) is 11.8 Å². The van der Waals surface area contributed by atoms with Gasteiger partial charge in [0.2, 0.25) is 5.91 Å². The Labute approximate surface area is 203 Å². The van der Waals surface area contributed by atoms with Crippen molar-refractivity contribution in [2.24, 2.45) is 11.3 Å². The Kier molecular flexibility index (Phi) is 6.69. The van der Waals surface area contributed by atoms with Crippen LogP contribution in [0.15, 0.2) is 30.7 Å². The van der Waals surface area contributed by atoms with Crippen LogP contribution in [0.3, 0.4) is 0 Å². The summed E-state index contributed by atoms with van der Waals surface area (Å²) in [6, 6.07) is 5.01. The molecule has 0 aromatic carbocycles. The first-order valence-corrected chi connectivity index (χ1v) is 11.5. The lowest BCUT2D eigenvalue weighted by Gasteiger charge is -2.37. The topological polar surface area (TPSA) is 137 Å². The number of nitriles is 1. The monoisotopic (exact) mass is 475 g/mol. The molecule has 182 valence electrons. The number of rotatable bonds is 5. The van der Waals surface area contributed by atoms with Gasteiger partial charge in [-0.15, -0.1) is 0 Å². The highest BCUT2D eigenvalue weighted by atomic mass is 16.5. The number of hydrogen-bond acceptors (Lipinski definition) is 7. The van der Waals surface area contributed by atoms with E-state index >= 15 is 0 Å². The molecule has 1 saturated heterocycles. The first-order chi connectivity index (χ1) is 16.7. The fraction of sp³-hybridized carbons (Fsp3) is 0.440. The van der Waals surface area contributed by atoms with E-state index in [4.69, 9.17) is 10.00 Å². The minimum Gasteiger partial charge on any atom is -0.497 e. The number of methoxy groups -OCH3 is 1. The maximum atomic E-state index is 13.4. The third kappa shape index (κ3) is 5.09. The van der Waals surface area contributed by atoms with Gasteiger partial charge in [0.15, 0.2) is 5.65 Å². The lowest BCUT2D eigenvalue weighted by Crippen LogP contribution is -2.56. The molecule has 4 heterocycles.